The number of nitrogens with zero attached hydrogens (tertiary/aromatic N) is 1. The second-order valence-corrected chi connectivity index (χ2v) is 6.40. The Morgan fingerprint density at radius 2 is 1.72 bits per heavy atom. The number of rotatable bonds is 5. The van der Waals surface area contributed by atoms with Crippen molar-refractivity contribution in [3.05, 3.63) is 12.2 Å². The van der Waals surface area contributed by atoms with E-state index in [9.17, 15) is 4.79 Å². The third kappa shape index (κ3) is 24.4. The summed E-state index contributed by atoms with van der Waals surface area (Å²) < 4.78 is 33.1. The Morgan fingerprint density at radius 1 is 1.33 bits per heavy atom. The molecule has 0 aromatic heterocycles. The fourth-order valence-corrected chi connectivity index (χ4v) is 0.827. The van der Waals surface area contributed by atoms with E-state index >= 15 is 0 Å². The van der Waals surface area contributed by atoms with Crippen LogP contribution < -0.4 is 0 Å². The molecule has 0 aliphatic heterocycles. The number of carbonyl (C=O) groups is 1. The monoisotopic (exact) mass is 281 g/mol. The van der Waals surface area contributed by atoms with Crippen LogP contribution in [0.2, 0.25) is 0 Å². The molecule has 6 nitrogen and oxygen atoms in total. The van der Waals surface area contributed by atoms with Crippen molar-refractivity contribution >= 4 is 16.1 Å². The van der Waals surface area contributed by atoms with Gasteiger partial charge in [-0.25, -0.2) is 13.2 Å². The van der Waals surface area contributed by atoms with Crippen molar-refractivity contribution < 1.29 is 27.0 Å². The van der Waals surface area contributed by atoms with Crippen LogP contribution in [0.3, 0.4) is 0 Å². The standard InChI is InChI=1S/C10H20NO2.CH4O3S/c1-9(2)10(12)13-8-6-7-11(3,4)5;1-5(2,3)4/h1,6-8H2,2-5H3;1H3,(H,2,3,4)/q+1;/p-1. The number of ether oxygens (including phenoxy) is 1. The number of carbonyl (C=O) groups excluding carboxylic acids is 1. The maximum atomic E-state index is 10.9. The van der Waals surface area contributed by atoms with Crippen LogP contribution >= 0.6 is 0 Å². The fourth-order valence-electron chi connectivity index (χ4n) is 0.827. The Bertz CT molecular complexity index is 359. The minimum Gasteiger partial charge on any atom is -0.748 e. The first-order valence-electron chi connectivity index (χ1n) is 5.37. The molecule has 0 amide bonds. The summed E-state index contributed by atoms with van der Waals surface area (Å²) in [5.41, 5.74) is 0.463. The minimum absolute atomic E-state index is 0.290. The van der Waals surface area contributed by atoms with E-state index < -0.39 is 10.1 Å². The van der Waals surface area contributed by atoms with Gasteiger partial charge < -0.3 is 13.8 Å². The number of quaternary nitrogens is 1. The smallest absolute Gasteiger partial charge is 0.333 e. The fraction of sp³-hybridized carbons (Fsp3) is 0.727. The highest BCUT2D eigenvalue weighted by Gasteiger charge is 2.07. The lowest BCUT2D eigenvalue weighted by atomic mass is 10.3. The third-order valence-electron chi connectivity index (χ3n) is 1.55. The Hall–Kier alpha value is -0.920. The summed E-state index contributed by atoms with van der Waals surface area (Å²) in [6, 6.07) is 0. The van der Waals surface area contributed by atoms with Gasteiger partial charge in [-0.15, -0.1) is 0 Å². The predicted molar refractivity (Wildman–Crippen MR) is 68.9 cm³/mol. The largest absolute Gasteiger partial charge is 0.748 e. The van der Waals surface area contributed by atoms with E-state index in [-0.39, 0.29) is 5.97 Å². The van der Waals surface area contributed by atoms with E-state index in [0.717, 1.165) is 17.4 Å². The molecule has 0 N–H and O–H groups in total. The van der Waals surface area contributed by atoms with E-state index in [1.165, 1.54) is 0 Å². The Labute approximate surface area is 110 Å². The van der Waals surface area contributed by atoms with Gasteiger partial charge in [-0.05, 0) is 6.92 Å². The van der Waals surface area contributed by atoms with Crippen molar-refractivity contribution in [2.24, 2.45) is 0 Å². The molecule has 0 unspecified atom stereocenters. The van der Waals surface area contributed by atoms with Crippen molar-refractivity contribution in [1.82, 2.24) is 0 Å². The quantitative estimate of drug-likeness (QED) is 0.239. The zero-order valence-electron chi connectivity index (χ0n) is 11.7. The molecule has 0 aliphatic rings. The topological polar surface area (TPSA) is 83.5 Å². The molecule has 108 valence electrons. The van der Waals surface area contributed by atoms with Crippen LogP contribution in [-0.4, -0.2) is 64.0 Å². The molecule has 0 atom stereocenters. The predicted octanol–water partition coefficient (Wildman–Crippen LogP) is 0.363. The van der Waals surface area contributed by atoms with Gasteiger partial charge in [0.15, 0.2) is 0 Å². The normalized spacial score (nSPS) is 11.2. The van der Waals surface area contributed by atoms with Crippen molar-refractivity contribution in [1.29, 1.82) is 0 Å². The summed E-state index contributed by atoms with van der Waals surface area (Å²) in [6.45, 7) is 6.65. The molecule has 7 heteroatoms. The number of hydrogen-bond acceptors (Lipinski definition) is 5. The zero-order valence-corrected chi connectivity index (χ0v) is 12.5. The first-order chi connectivity index (χ1) is 7.83. The second kappa shape index (κ2) is 8.23. The molecule has 0 aromatic rings. The van der Waals surface area contributed by atoms with Crippen LogP contribution in [-0.2, 0) is 19.6 Å². The minimum atomic E-state index is -3.92. The van der Waals surface area contributed by atoms with Gasteiger partial charge in [-0.1, -0.05) is 6.58 Å². The first kappa shape index (κ1) is 19.4. The maximum Gasteiger partial charge on any atom is 0.333 e. The number of esters is 1. The lowest BCUT2D eigenvalue weighted by Gasteiger charge is -2.23. The molecule has 0 bridgehead atoms. The number of hydrogen-bond donors (Lipinski definition) is 0. The van der Waals surface area contributed by atoms with Gasteiger partial charge in [0.1, 0.15) is 0 Å². The van der Waals surface area contributed by atoms with E-state index in [0.29, 0.717) is 18.4 Å². The molecule has 18 heavy (non-hydrogen) atoms. The lowest BCUT2D eigenvalue weighted by molar-refractivity contribution is -0.870. The first-order valence-corrected chi connectivity index (χ1v) is 7.18. The van der Waals surface area contributed by atoms with Crippen molar-refractivity contribution in [2.45, 2.75) is 13.3 Å². The van der Waals surface area contributed by atoms with E-state index in [1.54, 1.807) is 6.92 Å². The summed E-state index contributed by atoms with van der Waals surface area (Å²) in [7, 11) is 2.42. The Balaban J connectivity index is 0. The van der Waals surface area contributed by atoms with Crippen LogP contribution in [0.1, 0.15) is 13.3 Å². The van der Waals surface area contributed by atoms with Crippen LogP contribution in [0.25, 0.3) is 0 Å². The maximum absolute atomic E-state index is 10.9. The van der Waals surface area contributed by atoms with Crippen molar-refractivity contribution in [3.63, 3.8) is 0 Å². The van der Waals surface area contributed by atoms with Crippen LogP contribution in [0.4, 0.5) is 0 Å². The van der Waals surface area contributed by atoms with E-state index in [2.05, 4.69) is 27.7 Å². The molecule has 0 heterocycles. The summed E-state index contributed by atoms with van der Waals surface area (Å²) in [4.78, 5) is 10.9. The third-order valence-corrected chi connectivity index (χ3v) is 1.55. The van der Waals surface area contributed by atoms with Gasteiger partial charge in [0, 0.05) is 18.2 Å². The molecule has 0 spiro atoms. The van der Waals surface area contributed by atoms with Gasteiger partial charge in [0.05, 0.1) is 44.4 Å². The molecule has 0 aromatic carbocycles. The highest BCUT2D eigenvalue weighted by atomic mass is 32.2. The molecule has 0 radical (unpaired) electrons. The lowest BCUT2D eigenvalue weighted by Crippen LogP contribution is -2.35. The van der Waals surface area contributed by atoms with Gasteiger partial charge in [0.25, 0.3) is 0 Å². The molecule has 0 rings (SSSR count). The van der Waals surface area contributed by atoms with Gasteiger partial charge in [-0.2, -0.15) is 0 Å². The summed E-state index contributed by atoms with van der Waals surface area (Å²) in [6.07, 6.45) is 1.50. The van der Waals surface area contributed by atoms with Crippen molar-refractivity contribution in [3.8, 4) is 0 Å². The highest BCUT2D eigenvalue weighted by Crippen LogP contribution is 1.97. The molecular formula is C11H23NO5S. The molecule has 0 aliphatic carbocycles. The zero-order chi connectivity index (χ0) is 15.0. The summed E-state index contributed by atoms with van der Waals surface area (Å²) in [5.74, 6) is -0.290. The molecule has 0 saturated heterocycles. The SMILES string of the molecule is C=C(C)C(=O)OCCC[N+](C)(C)C.CS(=O)(=O)[O-]. The van der Waals surface area contributed by atoms with E-state index in [1.807, 2.05) is 0 Å². The van der Waals surface area contributed by atoms with Crippen LogP contribution in [0.5, 0.6) is 0 Å². The second-order valence-electron chi connectivity index (χ2n) is 4.99. The van der Waals surface area contributed by atoms with E-state index in [4.69, 9.17) is 17.7 Å². The Morgan fingerprint density at radius 3 is 2.00 bits per heavy atom. The molecule has 0 saturated carbocycles. The van der Waals surface area contributed by atoms with Crippen LogP contribution in [0.15, 0.2) is 12.2 Å². The van der Waals surface area contributed by atoms with Gasteiger partial charge in [0.2, 0.25) is 0 Å². The molecular weight excluding hydrogens is 258 g/mol. The van der Waals surface area contributed by atoms with Gasteiger partial charge >= 0.3 is 5.97 Å². The van der Waals surface area contributed by atoms with Gasteiger partial charge in [-0.3, -0.25) is 0 Å². The Kier molecular flexibility index (Phi) is 8.88. The average Bonchev–Trinajstić information content (AvgIpc) is 2.07. The molecule has 0 fully saturated rings. The average molecular weight is 281 g/mol. The van der Waals surface area contributed by atoms with Crippen LogP contribution in [0, 0.1) is 0 Å². The van der Waals surface area contributed by atoms with Crippen molar-refractivity contribution in [2.75, 3.05) is 40.6 Å². The summed E-state index contributed by atoms with van der Waals surface area (Å²) >= 11 is 0. The highest BCUT2D eigenvalue weighted by molar-refractivity contribution is 7.84. The summed E-state index contributed by atoms with van der Waals surface area (Å²) in [5, 5.41) is 0.